The van der Waals surface area contributed by atoms with Gasteiger partial charge >= 0.3 is 0 Å². The summed E-state index contributed by atoms with van der Waals surface area (Å²) in [5.74, 6) is -1.64. The third-order valence-corrected chi connectivity index (χ3v) is 4.93. The summed E-state index contributed by atoms with van der Waals surface area (Å²) in [7, 11) is 0. The molecular weight excluding hydrogens is 322 g/mol. The molecular formula is C16H14F2N2S2. The molecule has 0 saturated heterocycles. The lowest BCUT2D eigenvalue weighted by molar-refractivity contribution is 0.499. The SMILES string of the molecule is Fc1ccc(CN[C@@H](Cc2ccsc2)c2nccs2)cc1F. The molecule has 0 unspecified atom stereocenters. The van der Waals surface area contributed by atoms with E-state index in [1.54, 1.807) is 34.9 Å². The molecule has 1 atom stereocenters. The molecule has 0 fully saturated rings. The molecule has 3 aromatic rings. The Balaban J connectivity index is 1.71. The molecule has 0 aliphatic heterocycles. The van der Waals surface area contributed by atoms with Crippen molar-refractivity contribution >= 4 is 22.7 Å². The molecule has 3 rings (SSSR count). The third-order valence-electron chi connectivity index (χ3n) is 3.31. The largest absolute Gasteiger partial charge is 0.304 e. The van der Waals surface area contributed by atoms with Gasteiger partial charge in [-0.15, -0.1) is 11.3 Å². The van der Waals surface area contributed by atoms with E-state index in [1.807, 2.05) is 10.8 Å². The van der Waals surface area contributed by atoms with E-state index in [4.69, 9.17) is 0 Å². The van der Waals surface area contributed by atoms with E-state index in [9.17, 15) is 8.78 Å². The number of benzene rings is 1. The Bertz CT molecular complexity index is 712. The maximum atomic E-state index is 13.3. The summed E-state index contributed by atoms with van der Waals surface area (Å²) in [5.41, 5.74) is 1.95. The molecule has 0 bridgehead atoms. The quantitative estimate of drug-likeness (QED) is 0.714. The highest BCUT2D eigenvalue weighted by molar-refractivity contribution is 7.09. The number of hydrogen-bond acceptors (Lipinski definition) is 4. The first-order valence-electron chi connectivity index (χ1n) is 6.80. The van der Waals surface area contributed by atoms with Crippen molar-refractivity contribution < 1.29 is 8.78 Å². The zero-order valence-corrected chi connectivity index (χ0v) is 13.3. The van der Waals surface area contributed by atoms with Gasteiger partial charge in [0.05, 0.1) is 6.04 Å². The van der Waals surface area contributed by atoms with Crippen molar-refractivity contribution in [2.75, 3.05) is 0 Å². The molecule has 6 heteroatoms. The van der Waals surface area contributed by atoms with Crippen molar-refractivity contribution in [1.29, 1.82) is 0 Å². The average molecular weight is 336 g/mol. The standard InChI is InChI=1S/C16H14F2N2S2/c17-13-2-1-11(7-14(13)18)9-20-15(16-19-4-6-22-16)8-12-3-5-21-10-12/h1-7,10,15,20H,8-9H2/t15-/m0/s1. The van der Waals surface area contributed by atoms with Crippen molar-refractivity contribution in [2.45, 2.75) is 19.0 Å². The first-order chi connectivity index (χ1) is 10.7. The Hall–Kier alpha value is -1.63. The van der Waals surface area contributed by atoms with Crippen LogP contribution >= 0.6 is 22.7 Å². The predicted octanol–water partition coefficient (Wildman–Crippen LogP) is 4.56. The van der Waals surface area contributed by atoms with Gasteiger partial charge in [-0.25, -0.2) is 13.8 Å². The van der Waals surface area contributed by atoms with Crippen LogP contribution in [0.5, 0.6) is 0 Å². The van der Waals surface area contributed by atoms with Gasteiger partial charge in [0, 0.05) is 18.1 Å². The second kappa shape index (κ2) is 7.09. The number of halogens is 2. The van der Waals surface area contributed by atoms with Crippen LogP contribution < -0.4 is 5.32 Å². The molecule has 0 amide bonds. The summed E-state index contributed by atoms with van der Waals surface area (Å²) in [6.07, 6.45) is 2.60. The van der Waals surface area contributed by atoms with Gasteiger partial charge in [-0.3, -0.25) is 0 Å². The first-order valence-corrected chi connectivity index (χ1v) is 8.62. The molecule has 0 aliphatic carbocycles. The number of thiazole rings is 1. The molecule has 2 nitrogen and oxygen atoms in total. The summed E-state index contributed by atoms with van der Waals surface area (Å²) in [6, 6.07) is 6.12. The van der Waals surface area contributed by atoms with Gasteiger partial charge in [-0.2, -0.15) is 11.3 Å². The molecule has 0 saturated carbocycles. The summed E-state index contributed by atoms with van der Waals surface area (Å²) >= 11 is 3.25. The van der Waals surface area contributed by atoms with E-state index in [2.05, 4.69) is 21.7 Å². The topological polar surface area (TPSA) is 24.9 Å². The maximum absolute atomic E-state index is 13.3. The lowest BCUT2D eigenvalue weighted by Gasteiger charge is -2.16. The highest BCUT2D eigenvalue weighted by atomic mass is 32.1. The van der Waals surface area contributed by atoms with Crippen molar-refractivity contribution in [3.63, 3.8) is 0 Å². The third kappa shape index (κ3) is 3.76. The summed E-state index contributed by atoms with van der Waals surface area (Å²) < 4.78 is 26.2. The van der Waals surface area contributed by atoms with Crippen LogP contribution in [0.25, 0.3) is 0 Å². The van der Waals surface area contributed by atoms with E-state index in [0.29, 0.717) is 12.1 Å². The van der Waals surface area contributed by atoms with E-state index in [0.717, 1.165) is 17.5 Å². The zero-order valence-electron chi connectivity index (χ0n) is 11.6. The van der Waals surface area contributed by atoms with Crippen LogP contribution in [0.15, 0.2) is 46.6 Å². The monoisotopic (exact) mass is 336 g/mol. The van der Waals surface area contributed by atoms with E-state index < -0.39 is 11.6 Å². The zero-order chi connectivity index (χ0) is 15.4. The summed E-state index contributed by atoms with van der Waals surface area (Å²) in [6.45, 7) is 0.464. The smallest absolute Gasteiger partial charge is 0.159 e. The minimum Gasteiger partial charge on any atom is -0.304 e. The highest BCUT2D eigenvalue weighted by Crippen LogP contribution is 2.22. The molecule has 2 aromatic heterocycles. The van der Waals surface area contributed by atoms with Gasteiger partial charge in [-0.05, 0) is 46.5 Å². The van der Waals surface area contributed by atoms with Crippen LogP contribution in [0.2, 0.25) is 0 Å². The first kappa shape index (κ1) is 15.3. The number of nitrogens with zero attached hydrogens (tertiary/aromatic N) is 1. The van der Waals surface area contributed by atoms with Gasteiger partial charge in [0.2, 0.25) is 0 Å². The molecule has 0 aliphatic rings. The van der Waals surface area contributed by atoms with Crippen molar-refractivity contribution in [3.8, 4) is 0 Å². The summed E-state index contributed by atoms with van der Waals surface area (Å²) in [5, 5.41) is 10.5. The van der Waals surface area contributed by atoms with Crippen LogP contribution in [-0.4, -0.2) is 4.98 Å². The fraction of sp³-hybridized carbons (Fsp3) is 0.188. The van der Waals surface area contributed by atoms with Crippen LogP contribution in [0, 0.1) is 11.6 Å². The lowest BCUT2D eigenvalue weighted by atomic mass is 10.1. The Kier molecular flexibility index (Phi) is 4.92. The molecule has 114 valence electrons. The molecule has 1 N–H and O–H groups in total. The van der Waals surface area contributed by atoms with Crippen molar-refractivity contribution in [2.24, 2.45) is 0 Å². The van der Waals surface area contributed by atoms with Gasteiger partial charge in [0.15, 0.2) is 11.6 Å². The predicted molar refractivity (Wildman–Crippen MR) is 86.1 cm³/mol. The molecule has 22 heavy (non-hydrogen) atoms. The maximum Gasteiger partial charge on any atom is 0.159 e. The number of aromatic nitrogens is 1. The minimum atomic E-state index is -0.821. The highest BCUT2D eigenvalue weighted by Gasteiger charge is 2.15. The van der Waals surface area contributed by atoms with Crippen LogP contribution in [-0.2, 0) is 13.0 Å². The fourth-order valence-electron chi connectivity index (χ4n) is 2.19. The number of rotatable bonds is 6. The molecule has 2 heterocycles. The van der Waals surface area contributed by atoms with E-state index in [1.165, 1.54) is 11.6 Å². The molecule has 1 aromatic carbocycles. The second-order valence-corrected chi connectivity index (χ2v) is 6.59. The Morgan fingerprint density at radius 1 is 1.09 bits per heavy atom. The Labute approximate surface area is 135 Å². The molecule has 0 radical (unpaired) electrons. The number of thiophene rings is 1. The van der Waals surface area contributed by atoms with Crippen molar-refractivity contribution in [3.05, 3.63) is 74.4 Å². The van der Waals surface area contributed by atoms with E-state index in [-0.39, 0.29) is 6.04 Å². The van der Waals surface area contributed by atoms with Gasteiger partial charge in [0.25, 0.3) is 0 Å². The lowest BCUT2D eigenvalue weighted by Crippen LogP contribution is -2.22. The Morgan fingerprint density at radius 3 is 2.68 bits per heavy atom. The number of nitrogens with one attached hydrogen (secondary N) is 1. The van der Waals surface area contributed by atoms with Gasteiger partial charge in [0.1, 0.15) is 5.01 Å². The van der Waals surface area contributed by atoms with Crippen LogP contribution in [0.4, 0.5) is 8.78 Å². The van der Waals surface area contributed by atoms with Crippen molar-refractivity contribution in [1.82, 2.24) is 10.3 Å². The molecule has 0 spiro atoms. The van der Waals surface area contributed by atoms with Gasteiger partial charge in [-0.1, -0.05) is 6.07 Å². The summed E-state index contributed by atoms with van der Waals surface area (Å²) in [4.78, 5) is 4.37. The van der Waals surface area contributed by atoms with Crippen LogP contribution in [0.1, 0.15) is 22.2 Å². The van der Waals surface area contributed by atoms with E-state index >= 15 is 0 Å². The minimum absolute atomic E-state index is 0.0581. The fourth-order valence-corrected chi connectivity index (χ4v) is 3.58. The second-order valence-electron chi connectivity index (χ2n) is 4.89. The Morgan fingerprint density at radius 2 is 2.00 bits per heavy atom. The van der Waals surface area contributed by atoms with Crippen LogP contribution in [0.3, 0.4) is 0 Å². The normalized spacial score (nSPS) is 12.5. The number of hydrogen-bond donors (Lipinski definition) is 1. The average Bonchev–Trinajstić information content (AvgIpc) is 3.19. The van der Waals surface area contributed by atoms with Gasteiger partial charge < -0.3 is 5.32 Å².